The summed E-state index contributed by atoms with van der Waals surface area (Å²) < 4.78 is 5.05. The quantitative estimate of drug-likeness (QED) is 0.684. The summed E-state index contributed by atoms with van der Waals surface area (Å²) >= 11 is 0. The van der Waals surface area contributed by atoms with Crippen molar-refractivity contribution in [3.63, 3.8) is 0 Å². The lowest BCUT2D eigenvalue weighted by Crippen LogP contribution is -2.29. The molecule has 2 unspecified atom stereocenters. The van der Waals surface area contributed by atoms with Crippen molar-refractivity contribution >= 4 is 5.97 Å². The second kappa shape index (κ2) is 4.30. The van der Waals surface area contributed by atoms with Gasteiger partial charge in [0.2, 0.25) is 0 Å². The third-order valence-corrected chi connectivity index (χ3v) is 3.03. The molecule has 3 nitrogen and oxygen atoms in total. The van der Waals surface area contributed by atoms with E-state index in [1.165, 1.54) is 0 Å². The molecule has 1 saturated carbocycles. The van der Waals surface area contributed by atoms with Crippen LogP contribution in [0.1, 0.15) is 33.6 Å². The first-order valence-electron chi connectivity index (χ1n) is 5.44. The standard InChI is InChI=1S/C11H21NO2/c1-4-14-10(13)11(7-12)6-9(11)5-8(2)3/h8-9H,4-7,12H2,1-3H3. The molecule has 1 aliphatic carbocycles. The summed E-state index contributed by atoms with van der Waals surface area (Å²) in [6, 6.07) is 0. The first-order valence-corrected chi connectivity index (χ1v) is 5.44. The average Bonchev–Trinajstić information content (AvgIpc) is 2.79. The minimum Gasteiger partial charge on any atom is -0.466 e. The van der Waals surface area contributed by atoms with Gasteiger partial charge in [-0.05, 0) is 31.6 Å². The van der Waals surface area contributed by atoms with Gasteiger partial charge in [0.05, 0.1) is 12.0 Å². The molecule has 0 heterocycles. The van der Waals surface area contributed by atoms with Crippen LogP contribution in [0.25, 0.3) is 0 Å². The van der Waals surface area contributed by atoms with Crippen LogP contribution in [-0.2, 0) is 9.53 Å². The van der Waals surface area contributed by atoms with Crippen LogP contribution in [-0.4, -0.2) is 19.1 Å². The molecule has 0 saturated heterocycles. The molecular formula is C11H21NO2. The van der Waals surface area contributed by atoms with Gasteiger partial charge in [-0.15, -0.1) is 0 Å². The van der Waals surface area contributed by atoms with E-state index in [0.717, 1.165) is 12.8 Å². The summed E-state index contributed by atoms with van der Waals surface area (Å²) in [6.45, 7) is 7.07. The van der Waals surface area contributed by atoms with Gasteiger partial charge in [-0.3, -0.25) is 4.79 Å². The van der Waals surface area contributed by atoms with E-state index >= 15 is 0 Å². The highest BCUT2D eigenvalue weighted by Crippen LogP contribution is 2.55. The lowest BCUT2D eigenvalue weighted by molar-refractivity contribution is -0.150. The van der Waals surface area contributed by atoms with Crippen LogP contribution in [0.5, 0.6) is 0 Å². The molecule has 2 N–H and O–H groups in total. The third-order valence-electron chi connectivity index (χ3n) is 3.03. The van der Waals surface area contributed by atoms with Gasteiger partial charge in [0.15, 0.2) is 0 Å². The molecule has 0 amide bonds. The number of esters is 1. The van der Waals surface area contributed by atoms with E-state index in [-0.39, 0.29) is 11.4 Å². The van der Waals surface area contributed by atoms with Crippen molar-refractivity contribution < 1.29 is 9.53 Å². The first kappa shape index (κ1) is 11.5. The predicted molar refractivity (Wildman–Crippen MR) is 55.7 cm³/mol. The van der Waals surface area contributed by atoms with Gasteiger partial charge in [0.25, 0.3) is 0 Å². The topological polar surface area (TPSA) is 52.3 Å². The molecule has 0 aromatic heterocycles. The predicted octanol–water partition coefficient (Wildman–Crippen LogP) is 1.56. The number of nitrogens with two attached hydrogens (primary N) is 1. The Kier molecular flexibility index (Phi) is 3.53. The van der Waals surface area contributed by atoms with Gasteiger partial charge in [0, 0.05) is 6.54 Å². The molecule has 1 aliphatic rings. The van der Waals surface area contributed by atoms with Crippen molar-refractivity contribution in [3.8, 4) is 0 Å². The molecule has 2 atom stereocenters. The minimum atomic E-state index is -0.333. The number of carbonyl (C=O) groups excluding carboxylic acids is 1. The van der Waals surface area contributed by atoms with Crippen LogP contribution >= 0.6 is 0 Å². The molecule has 82 valence electrons. The van der Waals surface area contributed by atoms with Crippen molar-refractivity contribution in [2.75, 3.05) is 13.2 Å². The van der Waals surface area contributed by atoms with Crippen LogP contribution in [0.15, 0.2) is 0 Å². The molecule has 0 spiro atoms. The lowest BCUT2D eigenvalue weighted by Gasteiger charge is -2.14. The van der Waals surface area contributed by atoms with E-state index in [1.54, 1.807) is 0 Å². The zero-order valence-corrected chi connectivity index (χ0v) is 9.38. The second-order valence-corrected chi connectivity index (χ2v) is 4.61. The normalized spacial score (nSPS) is 30.5. The van der Waals surface area contributed by atoms with Gasteiger partial charge in [-0.1, -0.05) is 13.8 Å². The fraction of sp³-hybridized carbons (Fsp3) is 0.909. The van der Waals surface area contributed by atoms with Crippen LogP contribution in [0.4, 0.5) is 0 Å². The number of ether oxygens (including phenoxy) is 1. The average molecular weight is 199 g/mol. The van der Waals surface area contributed by atoms with Gasteiger partial charge in [-0.2, -0.15) is 0 Å². The maximum absolute atomic E-state index is 11.6. The largest absolute Gasteiger partial charge is 0.466 e. The van der Waals surface area contributed by atoms with Crippen LogP contribution < -0.4 is 5.73 Å². The van der Waals surface area contributed by atoms with Crippen LogP contribution in [0.2, 0.25) is 0 Å². The number of hydrogen-bond donors (Lipinski definition) is 1. The van der Waals surface area contributed by atoms with E-state index in [0.29, 0.717) is 25.0 Å². The number of rotatable bonds is 5. The number of carbonyl (C=O) groups is 1. The van der Waals surface area contributed by atoms with E-state index in [2.05, 4.69) is 13.8 Å². The Morgan fingerprint density at radius 3 is 2.71 bits per heavy atom. The summed E-state index contributed by atoms with van der Waals surface area (Å²) in [5.74, 6) is 0.988. The molecular weight excluding hydrogens is 178 g/mol. The van der Waals surface area contributed by atoms with Crippen molar-refractivity contribution in [1.82, 2.24) is 0 Å². The van der Waals surface area contributed by atoms with Crippen molar-refractivity contribution in [3.05, 3.63) is 0 Å². The Hall–Kier alpha value is -0.570. The van der Waals surface area contributed by atoms with E-state index in [1.807, 2.05) is 6.92 Å². The number of hydrogen-bond acceptors (Lipinski definition) is 3. The maximum Gasteiger partial charge on any atom is 0.313 e. The smallest absolute Gasteiger partial charge is 0.313 e. The van der Waals surface area contributed by atoms with Gasteiger partial charge < -0.3 is 10.5 Å². The highest BCUT2D eigenvalue weighted by Gasteiger charge is 2.59. The van der Waals surface area contributed by atoms with Gasteiger partial charge in [0.1, 0.15) is 0 Å². The summed E-state index contributed by atoms with van der Waals surface area (Å²) in [6.07, 6.45) is 2.00. The summed E-state index contributed by atoms with van der Waals surface area (Å²) in [4.78, 5) is 11.6. The van der Waals surface area contributed by atoms with Crippen LogP contribution in [0.3, 0.4) is 0 Å². The van der Waals surface area contributed by atoms with E-state index < -0.39 is 0 Å². The zero-order valence-electron chi connectivity index (χ0n) is 9.38. The Balaban J connectivity index is 2.51. The summed E-state index contributed by atoms with van der Waals surface area (Å²) in [5.41, 5.74) is 5.33. The second-order valence-electron chi connectivity index (χ2n) is 4.61. The fourth-order valence-corrected chi connectivity index (χ4v) is 2.12. The summed E-state index contributed by atoms with van der Waals surface area (Å²) in [5, 5.41) is 0. The van der Waals surface area contributed by atoms with Crippen molar-refractivity contribution in [2.45, 2.75) is 33.6 Å². The van der Waals surface area contributed by atoms with Crippen LogP contribution in [0, 0.1) is 17.3 Å². The Morgan fingerprint density at radius 2 is 2.29 bits per heavy atom. The highest BCUT2D eigenvalue weighted by molar-refractivity contribution is 5.81. The highest BCUT2D eigenvalue weighted by atomic mass is 16.5. The lowest BCUT2D eigenvalue weighted by atomic mass is 9.98. The fourth-order valence-electron chi connectivity index (χ4n) is 2.12. The molecule has 1 fully saturated rings. The third kappa shape index (κ3) is 2.08. The first-order chi connectivity index (χ1) is 6.56. The SMILES string of the molecule is CCOC(=O)C1(CN)CC1CC(C)C. The van der Waals surface area contributed by atoms with Gasteiger partial charge in [-0.25, -0.2) is 0 Å². The Morgan fingerprint density at radius 1 is 1.64 bits per heavy atom. The Labute approximate surface area is 86.0 Å². The zero-order chi connectivity index (χ0) is 10.8. The molecule has 0 aliphatic heterocycles. The minimum absolute atomic E-state index is 0.0897. The van der Waals surface area contributed by atoms with E-state index in [4.69, 9.17) is 10.5 Å². The molecule has 0 radical (unpaired) electrons. The molecule has 3 heteroatoms. The maximum atomic E-state index is 11.6. The van der Waals surface area contributed by atoms with Gasteiger partial charge >= 0.3 is 5.97 Å². The molecule has 0 aromatic rings. The van der Waals surface area contributed by atoms with Crippen molar-refractivity contribution in [1.29, 1.82) is 0 Å². The molecule has 0 bridgehead atoms. The monoisotopic (exact) mass is 199 g/mol. The molecule has 1 rings (SSSR count). The summed E-state index contributed by atoms with van der Waals surface area (Å²) in [7, 11) is 0. The Bertz CT molecular complexity index is 215. The van der Waals surface area contributed by atoms with E-state index in [9.17, 15) is 4.79 Å². The van der Waals surface area contributed by atoms with Crippen molar-refractivity contribution in [2.24, 2.45) is 23.0 Å². The molecule has 0 aromatic carbocycles. The molecule has 14 heavy (non-hydrogen) atoms.